The maximum Gasteiger partial charge on any atom is 0.335 e. The van der Waals surface area contributed by atoms with Crippen LogP contribution in [0.2, 0.25) is 0 Å². The van der Waals surface area contributed by atoms with E-state index in [-0.39, 0.29) is 46.1 Å². The van der Waals surface area contributed by atoms with E-state index in [9.17, 15) is 9.59 Å². The van der Waals surface area contributed by atoms with Crippen LogP contribution < -0.4 is 0 Å². The van der Waals surface area contributed by atoms with Crippen molar-refractivity contribution >= 4 is 11.9 Å². The SMILES string of the molecule is CCCCC=CC=COCCOC(=O)CC(OCCOC=CC=CCCCC)C(=O)OCCOC=CC=CCCCC. The highest BCUT2D eigenvalue weighted by Crippen LogP contribution is 2.05. The molecule has 0 aromatic carbocycles. The maximum atomic E-state index is 12.6. The van der Waals surface area contributed by atoms with E-state index in [4.69, 9.17) is 28.4 Å². The summed E-state index contributed by atoms with van der Waals surface area (Å²) >= 11 is 0. The number of hydrogen-bond acceptors (Lipinski definition) is 8. The molecular formula is C34H54O8. The second-order valence-electron chi connectivity index (χ2n) is 9.26. The molecule has 0 aliphatic rings. The van der Waals surface area contributed by atoms with Crippen LogP contribution in [-0.4, -0.2) is 57.7 Å². The lowest BCUT2D eigenvalue weighted by molar-refractivity contribution is -0.165. The van der Waals surface area contributed by atoms with E-state index in [2.05, 4.69) is 39.0 Å². The Bertz CT molecular complexity index is 810. The number of carbonyl (C=O) groups excluding carboxylic acids is 2. The van der Waals surface area contributed by atoms with Crippen molar-refractivity contribution in [2.24, 2.45) is 0 Å². The summed E-state index contributed by atoms with van der Waals surface area (Å²) in [7, 11) is 0. The van der Waals surface area contributed by atoms with Crippen molar-refractivity contribution in [2.45, 2.75) is 91.1 Å². The largest absolute Gasteiger partial charge is 0.499 e. The molecule has 0 fully saturated rings. The van der Waals surface area contributed by atoms with Crippen LogP contribution in [0, 0.1) is 0 Å². The molecule has 1 unspecified atom stereocenters. The summed E-state index contributed by atoms with van der Waals surface area (Å²) in [6.07, 6.45) is 30.7. The van der Waals surface area contributed by atoms with Crippen molar-refractivity contribution in [1.29, 1.82) is 0 Å². The quantitative estimate of drug-likeness (QED) is 0.0397. The number of unbranched alkanes of at least 4 members (excludes halogenated alkanes) is 6. The van der Waals surface area contributed by atoms with E-state index in [1.54, 1.807) is 37.0 Å². The molecule has 0 amide bonds. The maximum absolute atomic E-state index is 12.6. The Labute approximate surface area is 254 Å². The van der Waals surface area contributed by atoms with Gasteiger partial charge in [-0.05, 0) is 37.5 Å². The Hall–Kier alpha value is -3.26. The van der Waals surface area contributed by atoms with Crippen LogP contribution in [0.25, 0.3) is 0 Å². The van der Waals surface area contributed by atoms with Crippen LogP contribution in [0.4, 0.5) is 0 Å². The predicted molar refractivity (Wildman–Crippen MR) is 168 cm³/mol. The number of hydrogen-bond donors (Lipinski definition) is 0. The van der Waals surface area contributed by atoms with Gasteiger partial charge >= 0.3 is 11.9 Å². The fraction of sp³-hybridized carbons (Fsp3) is 0.588. The summed E-state index contributed by atoms with van der Waals surface area (Å²) in [6.45, 7) is 7.22. The molecule has 42 heavy (non-hydrogen) atoms. The summed E-state index contributed by atoms with van der Waals surface area (Å²) in [5, 5.41) is 0. The second-order valence-corrected chi connectivity index (χ2v) is 9.26. The van der Waals surface area contributed by atoms with Crippen molar-refractivity contribution < 1.29 is 38.0 Å². The Kier molecular flexibility index (Phi) is 29.8. The van der Waals surface area contributed by atoms with E-state index < -0.39 is 18.0 Å². The molecule has 0 radical (unpaired) electrons. The van der Waals surface area contributed by atoms with Crippen molar-refractivity contribution in [2.75, 3.05) is 39.6 Å². The van der Waals surface area contributed by atoms with Gasteiger partial charge in [-0.1, -0.05) is 95.8 Å². The minimum atomic E-state index is -1.12. The molecule has 0 spiro atoms. The molecule has 0 heterocycles. The minimum absolute atomic E-state index is 0.0221. The molecule has 1 atom stereocenters. The van der Waals surface area contributed by atoms with Crippen LogP contribution in [-0.2, 0) is 38.0 Å². The molecule has 0 saturated heterocycles. The summed E-state index contributed by atoms with van der Waals surface area (Å²) in [6, 6.07) is 0. The summed E-state index contributed by atoms with van der Waals surface area (Å²) in [5.74, 6) is -1.25. The molecule has 0 aromatic rings. The van der Waals surface area contributed by atoms with E-state index in [1.165, 1.54) is 0 Å². The third kappa shape index (κ3) is 28.3. The van der Waals surface area contributed by atoms with Gasteiger partial charge in [0.05, 0.1) is 31.8 Å². The lowest BCUT2D eigenvalue weighted by atomic mass is 10.2. The molecule has 0 bridgehead atoms. The number of ether oxygens (including phenoxy) is 6. The number of allylic oxidation sites excluding steroid dienone is 9. The molecule has 0 aromatic heterocycles. The van der Waals surface area contributed by atoms with Crippen molar-refractivity contribution in [3.8, 4) is 0 Å². The third-order valence-electron chi connectivity index (χ3n) is 5.48. The van der Waals surface area contributed by atoms with Gasteiger partial charge in [-0.2, -0.15) is 0 Å². The number of rotatable bonds is 28. The fourth-order valence-electron chi connectivity index (χ4n) is 3.14. The lowest BCUT2D eigenvalue weighted by Gasteiger charge is -2.16. The Morgan fingerprint density at radius 3 is 1.43 bits per heavy atom. The third-order valence-corrected chi connectivity index (χ3v) is 5.48. The van der Waals surface area contributed by atoms with E-state index in [0.29, 0.717) is 0 Å². The molecule has 238 valence electrons. The standard InChI is InChI=1S/C34H54O8/c1-4-7-10-13-16-19-22-37-25-28-40-32(34(36)42-30-27-39-24-21-18-15-12-9-6-3)31-33(35)41-29-26-38-23-20-17-14-11-8-5-2/h13-24,32H,4-12,25-31H2,1-3H3. The highest BCUT2D eigenvalue weighted by Gasteiger charge is 2.25. The Morgan fingerprint density at radius 1 is 0.548 bits per heavy atom. The first-order valence-electron chi connectivity index (χ1n) is 15.4. The molecule has 0 aliphatic heterocycles. The van der Waals surface area contributed by atoms with Crippen molar-refractivity contribution in [3.63, 3.8) is 0 Å². The zero-order chi connectivity index (χ0) is 30.8. The predicted octanol–water partition coefficient (Wildman–Crippen LogP) is 7.68. The molecule has 8 heteroatoms. The Morgan fingerprint density at radius 2 is 0.976 bits per heavy atom. The van der Waals surface area contributed by atoms with Gasteiger partial charge in [0.15, 0.2) is 6.10 Å². The molecule has 0 N–H and O–H groups in total. The van der Waals surface area contributed by atoms with Gasteiger partial charge in [0.2, 0.25) is 0 Å². The van der Waals surface area contributed by atoms with Gasteiger partial charge in [-0.15, -0.1) is 0 Å². The first kappa shape index (κ1) is 38.7. The van der Waals surface area contributed by atoms with Crippen LogP contribution in [0.1, 0.15) is 85.0 Å². The normalized spacial score (nSPS) is 12.8. The summed E-state index contributed by atoms with van der Waals surface area (Å²) in [5.41, 5.74) is 0. The van der Waals surface area contributed by atoms with Gasteiger partial charge in [0, 0.05) is 0 Å². The van der Waals surface area contributed by atoms with Crippen LogP contribution in [0.15, 0.2) is 73.5 Å². The first-order chi connectivity index (χ1) is 20.7. The average molecular weight is 591 g/mol. The average Bonchev–Trinajstić information content (AvgIpc) is 2.99. The molecule has 0 saturated carbocycles. The van der Waals surface area contributed by atoms with Crippen LogP contribution in [0.3, 0.4) is 0 Å². The molecule has 0 aliphatic carbocycles. The van der Waals surface area contributed by atoms with Crippen LogP contribution in [0.5, 0.6) is 0 Å². The summed E-state index contributed by atoms with van der Waals surface area (Å²) in [4.78, 5) is 24.9. The monoisotopic (exact) mass is 590 g/mol. The molecule has 8 nitrogen and oxygen atoms in total. The number of carbonyl (C=O) groups is 2. The van der Waals surface area contributed by atoms with E-state index >= 15 is 0 Å². The van der Waals surface area contributed by atoms with Gasteiger partial charge < -0.3 is 28.4 Å². The fourth-order valence-corrected chi connectivity index (χ4v) is 3.14. The van der Waals surface area contributed by atoms with Gasteiger partial charge in [-0.25, -0.2) is 4.79 Å². The topological polar surface area (TPSA) is 89.5 Å². The smallest absolute Gasteiger partial charge is 0.335 e. The van der Waals surface area contributed by atoms with Crippen molar-refractivity contribution in [1.82, 2.24) is 0 Å². The zero-order valence-electron chi connectivity index (χ0n) is 26.1. The minimum Gasteiger partial charge on any atom is -0.499 e. The highest BCUT2D eigenvalue weighted by atomic mass is 16.6. The zero-order valence-corrected chi connectivity index (χ0v) is 26.1. The Balaban J connectivity index is 4.51. The lowest BCUT2D eigenvalue weighted by Crippen LogP contribution is -2.32. The van der Waals surface area contributed by atoms with E-state index in [0.717, 1.165) is 57.8 Å². The van der Waals surface area contributed by atoms with Gasteiger partial charge in [0.25, 0.3) is 0 Å². The van der Waals surface area contributed by atoms with Gasteiger partial charge in [0.1, 0.15) is 33.0 Å². The van der Waals surface area contributed by atoms with E-state index in [1.807, 2.05) is 18.2 Å². The van der Waals surface area contributed by atoms with Crippen molar-refractivity contribution in [3.05, 3.63) is 73.5 Å². The van der Waals surface area contributed by atoms with Gasteiger partial charge in [-0.3, -0.25) is 4.79 Å². The molecular weight excluding hydrogens is 536 g/mol. The second kappa shape index (κ2) is 32.3. The number of esters is 2. The van der Waals surface area contributed by atoms with Crippen LogP contribution >= 0.6 is 0 Å². The summed E-state index contributed by atoms with van der Waals surface area (Å²) < 4.78 is 32.1. The molecule has 0 rings (SSSR count). The highest BCUT2D eigenvalue weighted by molar-refractivity contribution is 5.81. The first-order valence-corrected chi connectivity index (χ1v) is 15.4.